The summed E-state index contributed by atoms with van der Waals surface area (Å²) in [4.78, 5) is 0. The van der Waals surface area contributed by atoms with Gasteiger partial charge in [-0.3, -0.25) is 7.05 Å². The first-order valence-corrected chi connectivity index (χ1v) is 3.60. The van der Waals surface area contributed by atoms with Gasteiger partial charge >= 0.3 is 0 Å². The second-order valence-corrected chi connectivity index (χ2v) is 2.29. The van der Waals surface area contributed by atoms with Crippen LogP contribution in [0.15, 0.2) is 12.3 Å². The van der Waals surface area contributed by atoms with Crippen LogP contribution in [0.4, 0.5) is 5.69 Å². The van der Waals surface area contributed by atoms with Crippen molar-refractivity contribution in [2.45, 2.75) is 6.92 Å². The number of aromatic nitrogens is 1. The summed E-state index contributed by atoms with van der Waals surface area (Å²) in [5.41, 5.74) is 0.968. The number of anilines is 1. The van der Waals surface area contributed by atoms with E-state index in [1.165, 1.54) is 0 Å². The van der Waals surface area contributed by atoms with Crippen LogP contribution in [0.5, 0.6) is 5.88 Å². The van der Waals surface area contributed by atoms with E-state index in [-0.39, 0.29) is 40.1 Å². The van der Waals surface area contributed by atoms with Crippen LogP contribution < -0.4 is 10.1 Å². The quantitative estimate of drug-likeness (QED) is 0.839. The Morgan fingerprint density at radius 3 is 2.62 bits per heavy atom. The number of rotatable bonds is 3. The van der Waals surface area contributed by atoms with Gasteiger partial charge < -0.3 is 22.0 Å². The molecule has 1 rings (SSSR count). The third kappa shape index (κ3) is 4.14. The fraction of sp³-hybridized carbons (Fsp3) is 0.333. The van der Waals surface area contributed by atoms with E-state index in [2.05, 4.69) is 12.4 Å². The van der Waals surface area contributed by atoms with Crippen LogP contribution >= 0.6 is 0 Å². The normalized spacial score (nSPS) is 8.23. The standard InChI is InChI=1S/C8H13N2O.CH3.Y/c1-4-11-8-5-7(9-2)6-10(8)3;;/h5-6,9H,2,4H2,1,3H3;1H3;/q2*-1;. The Kier molecular flexibility index (Phi) is 8.79. The van der Waals surface area contributed by atoms with Gasteiger partial charge in [0.25, 0.3) is 0 Å². The van der Waals surface area contributed by atoms with Crippen molar-refractivity contribution >= 4 is 5.69 Å². The summed E-state index contributed by atoms with van der Waals surface area (Å²) in [6, 6.07) is 1.91. The molecule has 73 valence electrons. The van der Waals surface area contributed by atoms with Gasteiger partial charge in [0.15, 0.2) is 5.88 Å². The summed E-state index contributed by atoms with van der Waals surface area (Å²) in [6.45, 7) is 2.65. The van der Waals surface area contributed by atoms with E-state index in [9.17, 15) is 0 Å². The van der Waals surface area contributed by atoms with Crippen molar-refractivity contribution in [1.82, 2.24) is 4.57 Å². The molecule has 0 aliphatic rings. The van der Waals surface area contributed by atoms with E-state index < -0.39 is 0 Å². The van der Waals surface area contributed by atoms with Crippen LogP contribution in [0.3, 0.4) is 0 Å². The van der Waals surface area contributed by atoms with Crippen molar-refractivity contribution in [2.24, 2.45) is 7.05 Å². The van der Waals surface area contributed by atoms with Crippen LogP contribution in [0, 0.1) is 14.5 Å². The molecule has 13 heavy (non-hydrogen) atoms. The molecule has 1 radical (unpaired) electrons. The zero-order valence-electron chi connectivity index (χ0n) is 8.50. The topological polar surface area (TPSA) is 26.2 Å². The monoisotopic (exact) mass is 257 g/mol. The number of hydrogen-bond acceptors (Lipinski definition) is 2. The van der Waals surface area contributed by atoms with Crippen LogP contribution in [0.25, 0.3) is 0 Å². The molecule has 0 unspecified atom stereocenters. The fourth-order valence-corrected chi connectivity index (χ4v) is 0.932. The van der Waals surface area contributed by atoms with Gasteiger partial charge in [-0.15, -0.1) is 0 Å². The first-order valence-electron chi connectivity index (χ1n) is 3.60. The zero-order chi connectivity index (χ0) is 8.27. The van der Waals surface area contributed by atoms with E-state index in [4.69, 9.17) is 4.74 Å². The minimum absolute atomic E-state index is 0. The first-order chi connectivity index (χ1) is 5.27. The van der Waals surface area contributed by atoms with Crippen LogP contribution in [-0.4, -0.2) is 11.2 Å². The van der Waals surface area contributed by atoms with Crippen molar-refractivity contribution in [3.63, 3.8) is 0 Å². The van der Waals surface area contributed by atoms with E-state index in [1.807, 2.05) is 30.8 Å². The summed E-state index contributed by atoms with van der Waals surface area (Å²) < 4.78 is 7.23. The number of nitrogens with one attached hydrogen (secondary N) is 1. The average molecular weight is 257 g/mol. The largest absolute Gasteiger partial charge is 0.537 e. The third-order valence-corrected chi connectivity index (χ3v) is 1.46. The molecule has 1 aromatic rings. The van der Waals surface area contributed by atoms with Gasteiger partial charge in [0.2, 0.25) is 0 Å². The summed E-state index contributed by atoms with van der Waals surface area (Å²) in [7, 11) is 5.49. The average Bonchev–Trinajstić information content (AvgIpc) is 2.33. The SMILES string of the molecule is [CH2-]Nc1cc(OCC)n(C)c1.[CH3-].[Y]. The summed E-state index contributed by atoms with van der Waals surface area (Å²) >= 11 is 0. The van der Waals surface area contributed by atoms with E-state index >= 15 is 0 Å². The molecule has 0 amide bonds. The van der Waals surface area contributed by atoms with Crippen LogP contribution in [0.2, 0.25) is 0 Å². The maximum absolute atomic E-state index is 5.31. The molecule has 0 aromatic carbocycles. The molecular weight excluding hydrogens is 241 g/mol. The van der Waals surface area contributed by atoms with E-state index in [0.717, 1.165) is 11.6 Å². The van der Waals surface area contributed by atoms with Crippen molar-refractivity contribution in [2.75, 3.05) is 11.9 Å². The molecule has 0 saturated carbocycles. The van der Waals surface area contributed by atoms with Gasteiger partial charge in [-0.25, -0.2) is 0 Å². The van der Waals surface area contributed by atoms with Gasteiger partial charge in [-0.05, 0) is 6.92 Å². The molecule has 1 heterocycles. The predicted molar refractivity (Wildman–Crippen MR) is 52.0 cm³/mol. The van der Waals surface area contributed by atoms with Crippen molar-refractivity contribution in [3.8, 4) is 5.88 Å². The molecule has 0 bridgehead atoms. The minimum atomic E-state index is 0. The Morgan fingerprint density at radius 2 is 2.23 bits per heavy atom. The molecule has 4 heteroatoms. The maximum Gasteiger partial charge on any atom is 0.195 e. The second kappa shape index (κ2) is 7.39. The van der Waals surface area contributed by atoms with Gasteiger partial charge in [0.1, 0.15) is 0 Å². The van der Waals surface area contributed by atoms with Crippen molar-refractivity contribution < 1.29 is 37.4 Å². The molecule has 0 aliphatic carbocycles. The van der Waals surface area contributed by atoms with Crippen LogP contribution in [0.1, 0.15) is 6.92 Å². The first kappa shape index (κ1) is 15.5. The molecule has 0 spiro atoms. The summed E-state index contributed by atoms with van der Waals surface area (Å²) in [6.07, 6.45) is 1.93. The molecule has 0 fully saturated rings. The van der Waals surface area contributed by atoms with Gasteiger partial charge in [-0.1, -0.05) is 0 Å². The Labute approximate surface area is 106 Å². The summed E-state index contributed by atoms with van der Waals surface area (Å²) in [5.74, 6) is 0.860. The Hall–Kier alpha value is -0.0161. The minimum Gasteiger partial charge on any atom is -0.537 e. The molecular formula is C9H16N2OY-2. The molecule has 0 aliphatic heterocycles. The Morgan fingerprint density at radius 1 is 1.62 bits per heavy atom. The number of ether oxygens (including phenoxy) is 1. The molecule has 0 atom stereocenters. The number of nitrogens with zero attached hydrogens (tertiary/aromatic N) is 1. The third-order valence-electron chi connectivity index (χ3n) is 1.46. The maximum atomic E-state index is 5.31. The summed E-state index contributed by atoms with van der Waals surface area (Å²) in [5, 5.41) is 2.80. The molecule has 1 aromatic heterocycles. The van der Waals surface area contributed by atoms with Gasteiger partial charge in [0.05, 0.1) is 6.61 Å². The van der Waals surface area contributed by atoms with Crippen LogP contribution in [-0.2, 0) is 39.8 Å². The van der Waals surface area contributed by atoms with Crippen molar-refractivity contribution in [3.05, 3.63) is 26.7 Å². The molecule has 3 nitrogen and oxygen atoms in total. The van der Waals surface area contributed by atoms with E-state index in [0.29, 0.717) is 6.61 Å². The van der Waals surface area contributed by atoms with E-state index in [1.54, 1.807) is 0 Å². The van der Waals surface area contributed by atoms with Gasteiger partial charge in [0, 0.05) is 57.7 Å². The smallest absolute Gasteiger partial charge is 0.195 e. The van der Waals surface area contributed by atoms with Crippen molar-refractivity contribution in [1.29, 1.82) is 0 Å². The zero-order valence-corrected chi connectivity index (χ0v) is 11.3. The Balaban J connectivity index is 0. The number of hydrogen-bond donors (Lipinski definition) is 1. The predicted octanol–water partition coefficient (Wildman–Crippen LogP) is 2.08. The van der Waals surface area contributed by atoms with Gasteiger partial charge in [-0.2, -0.15) is 0 Å². The second-order valence-electron chi connectivity index (χ2n) is 2.29. The Bertz CT molecular complexity index is 236. The fourth-order valence-electron chi connectivity index (χ4n) is 0.932. The number of aryl methyl sites for hydroxylation is 1. The molecule has 0 saturated heterocycles. The molecule has 1 N–H and O–H groups in total.